The first-order valence-electron chi connectivity index (χ1n) is 13.3. The van der Waals surface area contributed by atoms with Crippen LogP contribution in [0.1, 0.15) is 23.4 Å². The number of likely N-dealkylation sites (N-methyl/N-ethyl adjacent to an activating group) is 1. The minimum Gasteiger partial charge on any atom is -0.361 e. The van der Waals surface area contributed by atoms with E-state index >= 15 is 0 Å². The Bertz CT molecular complexity index is 1280. The summed E-state index contributed by atoms with van der Waals surface area (Å²) in [4.78, 5) is 27.9. The van der Waals surface area contributed by atoms with Crippen molar-refractivity contribution in [3.05, 3.63) is 53.7 Å². The third kappa shape index (κ3) is 5.34. The SMILES string of the molecule is CN1CCN(CCNC2=NC(N)(CCc3c[nH]c4ccccc34)NC(N3CCc4nc[nH]c4C3)=N2)CC1. The predicted molar refractivity (Wildman–Crippen MR) is 146 cm³/mol. The van der Waals surface area contributed by atoms with E-state index < -0.39 is 5.79 Å². The average molecular weight is 504 g/mol. The van der Waals surface area contributed by atoms with Crippen molar-refractivity contribution in [1.29, 1.82) is 0 Å². The van der Waals surface area contributed by atoms with E-state index in [9.17, 15) is 0 Å². The number of rotatable bonds is 6. The van der Waals surface area contributed by atoms with Gasteiger partial charge in [-0.05, 0) is 25.1 Å². The van der Waals surface area contributed by atoms with Crippen molar-refractivity contribution < 1.29 is 0 Å². The van der Waals surface area contributed by atoms with Crippen LogP contribution in [0.4, 0.5) is 0 Å². The number of hydrogen-bond donors (Lipinski definition) is 5. The Morgan fingerprint density at radius 1 is 1.11 bits per heavy atom. The number of guanidine groups is 2. The Morgan fingerprint density at radius 3 is 2.86 bits per heavy atom. The smallest absolute Gasteiger partial charge is 0.224 e. The number of nitrogens with two attached hydrogens (primary N) is 1. The van der Waals surface area contributed by atoms with E-state index in [4.69, 9.17) is 15.7 Å². The molecular formula is C26H37N11. The van der Waals surface area contributed by atoms with Gasteiger partial charge in [-0.15, -0.1) is 0 Å². The lowest BCUT2D eigenvalue weighted by Crippen LogP contribution is -2.62. The second-order valence-corrected chi connectivity index (χ2v) is 10.4. The summed E-state index contributed by atoms with van der Waals surface area (Å²) in [5, 5.41) is 8.18. The van der Waals surface area contributed by atoms with Gasteiger partial charge in [0.05, 0.1) is 24.3 Å². The number of aromatic nitrogens is 3. The Hall–Kier alpha value is -3.41. The van der Waals surface area contributed by atoms with Crippen LogP contribution in [-0.2, 0) is 19.4 Å². The Balaban J connectivity index is 1.17. The van der Waals surface area contributed by atoms with Gasteiger partial charge in [-0.3, -0.25) is 10.6 Å². The topological polar surface area (TPSA) is 129 Å². The molecule has 11 nitrogen and oxygen atoms in total. The largest absolute Gasteiger partial charge is 0.361 e. The molecule has 1 saturated heterocycles. The zero-order chi connectivity index (χ0) is 25.2. The normalized spacial score (nSPS) is 22.9. The number of imidazole rings is 1. The van der Waals surface area contributed by atoms with E-state index in [0.717, 1.165) is 81.5 Å². The summed E-state index contributed by atoms with van der Waals surface area (Å²) in [7, 11) is 2.18. The lowest BCUT2D eigenvalue weighted by molar-refractivity contribution is 0.156. The molecule has 0 amide bonds. The van der Waals surface area contributed by atoms with E-state index in [-0.39, 0.29) is 0 Å². The van der Waals surface area contributed by atoms with Gasteiger partial charge in [-0.25, -0.2) is 9.98 Å². The number of H-pyrrole nitrogens is 2. The van der Waals surface area contributed by atoms with E-state index in [0.29, 0.717) is 18.9 Å². The molecule has 1 fully saturated rings. The number of aliphatic imine (C=N–C) groups is 2. The molecule has 0 spiro atoms. The molecule has 3 aromatic rings. The Kier molecular flexibility index (Phi) is 6.58. The van der Waals surface area contributed by atoms with Crippen molar-refractivity contribution in [3.63, 3.8) is 0 Å². The quantitative estimate of drug-likeness (QED) is 0.334. The van der Waals surface area contributed by atoms with Crippen molar-refractivity contribution in [1.82, 2.24) is 40.3 Å². The zero-order valence-electron chi connectivity index (χ0n) is 21.5. The van der Waals surface area contributed by atoms with Gasteiger partial charge in [-0.1, -0.05) is 18.2 Å². The van der Waals surface area contributed by atoms with Crippen LogP contribution in [0.5, 0.6) is 0 Å². The van der Waals surface area contributed by atoms with Crippen LogP contribution in [0, 0.1) is 0 Å². The van der Waals surface area contributed by atoms with Crippen LogP contribution in [-0.4, -0.2) is 100 Å². The number of piperazine rings is 1. The monoisotopic (exact) mass is 503 g/mol. The van der Waals surface area contributed by atoms with Crippen LogP contribution >= 0.6 is 0 Å². The van der Waals surface area contributed by atoms with E-state index in [2.05, 4.69) is 71.7 Å². The second kappa shape index (κ2) is 10.2. The second-order valence-electron chi connectivity index (χ2n) is 10.4. The van der Waals surface area contributed by atoms with Gasteiger partial charge in [0.1, 0.15) is 0 Å². The molecule has 1 aromatic carbocycles. The van der Waals surface area contributed by atoms with Crippen molar-refractivity contribution >= 4 is 22.8 Å². The molecule has 3 aliphatic rings. The summed E-state index contributed by atoms with van der Waals surface area (Å²) in [6, 6.07) is 8.37. The standard InChI is InChI=1S/C26H37N11/c1-35-12-14-36(15-13-35)11-9-28-24-32-25(37-10-7-22-23(17-37)31-18-30-22)34-26(27,33-24)8-6-19-16-29-21-5-3-2-4-20(19)21/h2-5,16,18,29H,6-15,17,27H2,1H3,(H,30,31)(H2,28,32,33,34). The van der Waals surface area contributed by atoms with Gasteiger partial charge in [0.15, 0.2) is 5.79 Å². The predicted octanol–water partition coefficient (Wildman–Crippen LogP) is 0.647. The molecule has 11 heteroatoms. The van der Waals surface area contributed by atoms with E-state index in [1.54, 1.807) is 6.33 Å². The molecular weight excluding hydrogens is 466 g/mol. The Labute approximate surface area is 217 Å². The maximum atomic E-state index is 6.92. The van der Waals surface area contributed by atoms with Gasteiger partial charge in [-0.2, -0.15) is 4.99 Å². The number of fused-ring (bicyclic) bond motifs is 2. The molecule has 1 atom stereocenters. The zero-order valence-corrected chi connectivity index (χ0v) is 21.5. The first-order valence-corrected chi connectivity index (χ1v) is 13.3. The number of nitrogens with zero attached hydrogens (tertiary/aromatic N) is 6. The van der Waals surface area contributed by atoms with Gasteiger partial charge < -0.3 is 30.4 Å². The molecule has 6 N–H and O–H groups in total. The molecule has 37 heavy (non-hydrogen) atoms. The van der Waals surface area contributed by atoms with Crippen LogP contribution in [0.3, 0.4) is 0 Å². The molecule has 0 bridgehead atoms. The maximum Gasteiger partial charge on any atom is 0.224 e. The third-order valence-electron chi connectivity index (χ3n) is 7.68. The number of aryl methyl sites for hydroxylation is 1. The van der Waals surface area contributed by atoms with Gasteiger partial charge in [0.2, 0.25) is 11.9 Å². The third-order valence-corrected chi connectivity index (χ3v) is 7.68. The average Bonchev–Trinajstić information content (AvgIpc) is 3.55. The number of nitrogens with one attached hydrogen (secondary N) is 4. The van der Waals surface area contributed by atoms with Crippen molar-refractivity contribution in [2.45, 2.75) is 31.6 Å². The van der Waals surface area contributed by atoms with Crippen molar-refractivity contribution in [2.75, 3.05) is 52.9 Å². The van der Waals surface area contributed by atoms with Crippen molar-refractivity contribution in [3.8, 4) is 0 Å². The number of aromatic amines is 2. The van der Waals surface area contributed by atoms with Crippen LogP contribution < -0.4 is 16.4 Å². The van der Waals surface area contributed by atoms with Gasteiger partial charge in [0.25, 0.3) is 0 Å². The minimum atomic E-state index is -0.958. The Morgan fingerprint density at radius 2 is 1.97 bits per heavy atom. The first kappa shape index (κ1) is 24.0. The van der Waals surface area contributed by atoms with Crippen LogP contribution in [0.2, 0.25) is 0 Å². The van der Waals surface area contributed by atoms with Gasteiger partial charge in [0, 0.05) is 75.8 Å². The van der Waals surface area contributed by atoms with E-state index in [1.807, 2.05) is 6.07 Å². The fraction of sp³-hybridized carbons (Fsp3) is 0.500. The lowest BCUT2D eigenvalue weighted by atomic mass is 10.0. The minimum absolute atomic E-state index is 0.597. The van der Waals surface area contributed by atoms with Crippen LogP contribution in [0.25, 0.3) is 10.9 Å². The van der Waals surface area contributed by atoms with Gasteiger partial charge >= 0.3 is 0 Å². The number of para-hydroxylation sites is 1. The summed E-state index contributed by atoms with van der Waals surface area (Å²) in [6.45, 7) is 7.68. The van der Waals surface area contributed by atoms with E-state index in [1.165, 1.54) is 10.9 Å². The molecule has 0 radical (unpaired) electrons. The maximum absolute atomic E-state index is 6.92. The molecule has 2 aromatic heterocycles. The molecule has 6 rings (SSSR count). The number of hydrogen-bond acceptors (Lipinski definition) is 9. The summed E-state index contributed by atoms with van der Waals surface area (Å²) in [6.07, 6.45) is 6.15. The highest BCUT2D eigenvalue weighted by molar-refractivity contribution is 5.97. The van der Waals surface area contributed by atoms with Crippen molar-refractivity contribution in [2.24, 2.45) is 15.7 Å². The fourth-order valence-corrected chi connectivity index (χ4v) is 5.37. The summed E-state index contributed by atoms with van der Waals surface area (Å²) in [5.41, 5.74) is 11.6. The highest BCUT2D eigenvalue weighted by Crippen LogP contribution is 2.23. The molecule has 0 saturated carbocycles. The highest BCUT2D eigenvalue weighted by Gasteiger charge is 2.33. The summed E-state index contributed by atoms with van der Waals surface area (Å²) in [5.74, 6) is 0.401. The molecule has 3 aliphatic heterocycles. The molecule has 196 valence electrons. The molecule has 0 aliphatic carbocycles. The molecule has 5 heterocycles. The fourth-order valence-electron chi connectivity index (χ4n) is 5.37. The lowest BCUT2D eigenvalue weighted by Gasteiger charge is -2.38. The number of benzene rings is 1. The van der Waals surface area contributed by atoms with Crippen LogP contribution in [0.15, 0.2) is 46.8 Å². The molecule has 1 unspecified atom stereocenters. The highest BCUT2D eigenvalue weighted by atomic mass is 15.4. The first-order chi connectivity index (χ1) is 18.0. The summed E-state index contributed by atoms with van der Waals surface area (Å²) >= 11 is 0. The summed E-state index contributed by atoms with van der Waals surface area (Å²) < 4.78 is 0.